The molecule has 1 atom stereocenters. The molecule has 3 heteroatoms. The summed E-state index contributed by atoms with van der Waals surface area (Å²) in [7, 11) is 0. The van der Waals surface area contributed by atoms with Crippen LogP contribution in [-0.2, 0) is 0 Å². The lowest BCUT2D eigenvalue weighted by molar-refractivity contribution is 0.572. The summed E-state index contributed by atoms with van der Waals surface area (Å²) < 4.78 is 0.871. The third-order valence-corrected chi connectivity index (χ3v) is 2.90. The second-order valence-corrected chi connectivity index (χ2v) is 4.40. The summed E-state index contributed by atoms with van der Waals surface area (Å²) in [5.74, 6) is 0. The van der Waals surface area contributed by atoms with Gasteiger partial charge in [-0.2, -0.15) is 0 Å². The Morgan fingerprint density at radius 3 is 2.92 bits per heavy atom. The van der Waals surface area contributed by atoms with Crippen LogP contribution in [0.2, 0.25) is 4.34 Å². The van der Waals surface area contributed by atoms with Crippen LogP contribution in [0.25, 0.3) is 0 Å². The van der Waals surface area contributed by atoms with Crippen molar-refractivity contribution in [3.05, 3.63) is 21.3 Å². The number of halogens is 1. The van der Waals surface area contributed by atoms with E-state index in [1.54, 1.807) is 11.3 Å². The summed E-state index contributed by atoms with van der Waals surface area (Å²) in [6.07, 6.45) is 1.17. The Morgan fingerprint density at radius 2 is 2.42 bits per heavy atom. The van der Waals surface area contributed by atoms with Crippen molar-refractivity contribution in [2.45, 2.75) is 26.3 Å². The molecule has 0 aliphatic heterocycles. The van der Waals surface area contributed by atoms with E-state index in [0.717, 1.165) is 10.9 Å². The van der Waals surface area contributed by atoms with Gasteiger partial charge in [0.25, 0.3) is 0 Å². The van der Waals surface area contributed by atoms with Gasteiger partial charge in [-0.3, -0.25) is 0 Å². The van der Waals surface area contributed by atoms with Crippen molar-refractivity contribution in [1.29, 1.82) is 0 Å². The molecule has 0 saturated carbocycles. The zero-order valence-corrected chi connectivity index (χ0v) is 9.00. The molecule has 0 aromatic carbocycles. The molecule has 0 radical (unpaired) electrons. The van der Waals surface area contributed by atoms with Gasteiger partial charge < -0.3 is 5.32 Å². The maximum atomic E-state index is 5.83. The zero-order chi connectivity index (χ0) is 8.97. The van der Waals surface area contributed by atoms with Crippen molar-refractivity contribution in [1.82, 2.24) is 5.32 Å². The van der Waals surface area contributed by atoms with Crippen molar-refractivity contribution >= 4 is 22.9 Å². The lowest BCUT2D eigenvalue weighted by Crippen LogP contribution is -2.18. The molecule has 0 saturated heterocycles. The van der Waals surface area contributed by atoms with Crippen LogP contribution in [0.3, 0.4) is 0 Å². The molecule has 1 aromatic heterocycles. The fourth-order valence-corrected chi connectivity index (χ4v) is 2.01. The molecule has 0 aliphatic rings. The zero-order valence-electron chi connectivity index (χ0n) is 7.43. The topological polar surface area (TPSA) is 12.0 Å². The van der Waals surface area contributed by atoms with E-state index in [1.165, 1.54) is 12.0 Å². The van der Waals surface area contributed by atoms with E-state index in [4.69, 9.17) is 11.6 Å². The highest BCUT2D eigenvalue weighted by Gasteiger charge is 2.05. The van der Waals surface area contributed by atoms with Crippen LogP contribution in [0.5, 0.6) is 0 Å². The Hall–Kier alpha value is -0.0500. The fourth-order valence-electron chi connectivity index (χ4n) is 1.03. The maximum Gasteiger partial charge on any atom is 0.0931 e. The van der Waals surface area contributed by atoms with Crippen molar-refractivity contribution in [3.63, 3.8) is 0 Å². The molecule has 1 rings (SSSR count). The molecule has 0 aliphatic carbocycles. The molecule has 68 valence electrons. The van der Waals surface area contributed by atoms with Gasteiger partial charge in [-0.25, -0.2) is 0 Å². The molecular formula is C9H14ClNS. The largest absolute Gasteiger partial charge is 0.310 e. The molecular weight excluding hydrogens is 190 g/mol. The number of nitrogens with one attached hydrogen (secondary N) is 1. The highest BCUT2D eigenvalue weighted by atomic mass is 35.5. The van der Waals surface area contributed by atoms with Crippen LogP contribution in [-0.4, -0.2) is 6.54 Å². The second-order valence-electron chi connectivity index (χ2n) is 2.86. The first-order valence-corrected chi connectivity index (χ1v) is 5.47. The van der Waals surface area contributed by atoms with E-state index in [2.05, 4.69) is 24.5 Å². The molecule has 1 heterocycles. The maximum absolute atomic E-state index is 5.83. The average Bonchev–Trinajstić information content (AvgIpc) is 2.47. The number of thiophene rings is 1. The van der Waals surface area contributed by atoms with Crippen LogP contribution < -0.4 is 5.32 Å². The lowest BCUT2D eigenvalue weighted by Gasteiger charge is -2.10. The van der Waals surface area contributed by atoms with Gasteiger partial charge in [-0.05, 0) is 36.9 Å². The molecule has 1 nitrogen and oxygen atoms in total. The first-order chi connectivity index (χ1) is 5.74. The van der Waals surface area contributed by atoms with Crippen LogP contribution in [0, 0.1) is 0 Å². The van der Waals surface area contributed by atoms with Crippen LogP contribution in [0.15, 0.2) is 11.4 Å². The molecule has 1 N–H and O–H groups in total. The minimum absolute atomic E-state index is 0.425. The first kappa shape index (κ1) is 10.0. The summed E-state index contributed by atoms with van der Waals surface area (Å²) in [6.45, 7) is 5.39. The van der Waals surface area contributed by atoms with Crippen LogP contribution >= 0.6 is 22.9 Å². The molecule has 0 bridgehead atoms. The van der Waals surface area contributed by atoms with Gasteiger partial charge in [0.15, 0.2) is 0 Å². The van der Waals surface area contributed by atoms with Gasteiger partial charge in [0.2, 0.25) is 0 Å². The number of hydrogen-bond acceptors (Lipinski definition) is 2. The SMILES string of the molecule is CCCNC(C)c1csc(Cl)c1. The quantitative estimate of drug-likeness (QED) is 0.791. The Kier molecular flexibility index (Phi) is 4.06. The highest BCUT2D eigenvalue weighted by Crippen LogP contribution is 2.24. The normalized spacial score (nSPS) is 13.2. The molecule has 1 unspecified atom stereocenters. The van der Waals surface area contributed by atoms with Crippen LogP contribution in [0.1, 0.15) is 31.9 Å². The predicted octanol–water partition coefficient (Wildman–Crippen LogP) is 3.46. The predicted molar refractivity (Wildman–Crippen MR) is 56.0 cm³/mol. The summed E-state index contributed by atoms with van der Waals surface area (Å²) >= 11 is 7.42. The number of hydrogen-bond donors (Lipinski definition) is 1. The number of rotatable bonds is 4. The Bertz CT molecular complexity index is 234. The van der Waals surface area contributed by atoms with Gasteiger partial charge >= 0.3 is 0 Å². The van der Waals surface area contributed by atoms with E-state index in [9.17, 15) is 0 Å². The smallest absolute Gasteiger partial charge is 0.0931 e. The van der Waals surface area contributed by atoms with Gasteiger partial charge in [0.05, 0.1) is 4.34 Å². The molecule has 0 amide bonds. The summed E-state index contributed by atoms with van der Waals surface area (Å²) in [4.78, 5) is 0. The van der Waals surface area contributed by atoms with E-state index >= 15 is 0 Å². The molecule has 1 aromatic rings. The third-order valence-electron chi connectivity index (χ3n) is 1.79. The van der Waals surface area contributed by atoms with E-state index < -0.39 is 0 Å². The second kappa shape index (κ2) is 4.85. The van der Waals surface area contributed by atoms with E-state index in [0.29, 0.717) is 6.04 Å². The van der Waals surface area contributed by atoms with Crippen molar-refractivity contribution in [3.8, 4) is 0 Å². The van der Waals surface area contributed by atoms with Crippen LogP contribution in [0.4, 0.5) is 0 Å². The van der Waals surface area contributed by atoms with Gasteiger partial charge in [0, 0.05) is 6.04 Å². The fraction of sp³-hybridized carbons (Fsp3) is 0.556. The molecule has 12 heavy (non-hydrogen) atoms. The van der Waals surface area contributed by atoms with Crippen molar-refractivity contribution < 1.29 is 0 Å². The Labute approximate surface area is 82.7 Å². The summed E-state index contributed by atoms with van der Waals surface area (Å²) in [5.41, 5.74) is 1.29. The average molecular weight is 204 g/mol. The minimum atomic E-state index is 0.425. The third kappa shape index (κ3) is 2.77. The summed E-state index contributed by atoms with van der Waals surface area (Å²) in [6, 6.07) is 2.45. The minimum Gasteiger partial charge on any atom is -0.310 e. The Morgan fingerprint density at radius 1 is 1.67 bits per heavy atom. The highest BCUT2D eigenvalue weighted by molar-refractivity contribution is 7.14. The van der Waals surface area contributed by atoms with Gasteiger partial charge in [-0.15, -0.1) is 11.3 Å². The van der Waals surface area contributed by atoms with E-state index in [-0.39, 0.29) is 0 Å². The first-order valence-electron chi connectivity index (χ1n) is 4.21. The lowest BCUT2D eigenvalue weighted by atomic mass is 10.2. The van der Waals surface area contributed by atoms with Crippen molar-refractivity contribution in [2.24, 2.45) is 0 Å². The monoisotopic (exact) mass is 203 g/mol. The molecule has 0 spiro atoms. The van der Waals surface area contributed by atoms with Gasteiger partial charge in [-0.1, -0.05) is 18.5 Å². The molecule has 0 fully saturated rings. The van der Waals surface area contributed by atoms with Crippen molar-refractivity contribution in [2.75, 3.05) is 6.54 Å². The summed E-state index contributed by atoms with van der Waals surface area (Å²) in [5, 5.41) is 5.52. The standard InChI is InChI=1S/C9H14ClNS/c1-3-4-11-7(2)8-5-9(10)12-6-8/h5-7,11H,3-4H2,1-2H3. The Balaban J connectivity index is 2.47. The van der Waals surface area contributed by atoms with E-state index in [1.807, 2.05) is 6.07 Å². The van der Waals surface area contributed by atoms with Gasteiger partial charge in [0.1, 0.15) is 0 Å².